The Hall–Kier alpha value is -3.37. The molecule has 0 aliphatic rings. The van der Waals surface area contributed by atoms with Crippen LogP contribution in [0.1, 0.15) is 32.8 Å². The predicted octanol–water partition coefficient (Wildman–Crippen LogP) is 4.99. The fraction of sp³-hybridized carbons (Fsp3) is 0.310. The molecule has 3 aromatic carbocycles. The van der Waals surface area contributed by atoms with Crippen molar-refractivity contribution in [3.05, 3.63) is 88.9 Å². The second kappa shape index (κ2) is 14.1. The Morgan fingerprint density at radius 2 is 1.67 bits per heavy atom. The summed E-state index contributed by atoms with van der Waals surface area (Å²) in [7, 11) is -4.11. The fourth-order valence-electron chi connectivity index (χ4n) is 3.93. The molecule has 0 radical (unpaired) electrons. The van der Waals surface area contributed by atoms with Crippen molar-refractivity contribution in [1.82, 2.24) is 10.2 Å². The number of amides is 2. The minimum atomic E-state index is -4.11. The highest BCUT2D eigenvalue weighted by atomic mass is 79.9. The third-order valence-electron chi connectivity index (χ3n) is 6.00. The molecule has 3 rings (SSSR count). The van der Waals surface area contributed by atoms with Gasteiger partial charge in [-0.1, -0.05) is 53.2 Å². The van der Waals surface area contributed by atoms with Gasteiger partial charge in [-0.25, -0.2) is 8.42 Å². The summed E-state index contributed by atoms with van der Waals surface area (Å²) in [6.45, 7) is 6.02. The zero-order valence-corrected chi connectivity index (χ0v) is 24.7. The van der Waals surface area contributed by atoms with Crippen LogP contribution in [-0.2, 0) is 26.2 Å². The number of rotatable bonds is 13. The maximum atomic E-state index is 13.9. The quantitative estimate of drug-likeness (QED) is 0.292. The van der Waals surface area contributed by atoms with Gasteiger partial charge in [0.1, 0.15) is 18.3 Å². The molecule has 0 aliphatic heterocycles. The molecule has 0 heterocycles. The zero-order valence-electron chi connectivity index (χ0n) is 22.3. The molecule has 0 aliphatic carbocycles. The van der Waals surface area contributed by atoms with E-state index < -0.39 is 28.5 Å². The van der Waals surface area contributed by atoms with Crippen molar-refractivity contribution in [2.45, 2.75) is 44.7 Å². The van der Waals surface area contributed by atoms with Gasteiger partial charge in [-0.3, -0.25) is 13.9 Å². The van der Waals surface area contributed by atoms with Crippen LogP contribution in [0.3, 0.4) is 0 Å². The summed E-state index contributed by atoms with van der Waals surface area (Å²) < 4.78 is 35.0. The molecule has 1 N–H and O–H groups in total. The van der Waals surface area contributed by atoms with E-state index >= 15 is 0 Å². The number of anilines is 1. The van der Waals surface area contributed by atoms with Crippen molar-refractivity contribution in [3.8, 4) is 5.75 Å². The van der Waals surface area contributed by atoms with Crippen molar-refractivity contribution in [3.63, 3.8) is 0 Å². The highest BCUT2D eigenvalue weighted by Crippen LogP contribution is 2.27. The minimum Gasteiger partial charge on any atom is -0.494 e. The molecular weight excluding hydrogens is 582 g/mol. The van der Waals surface area contributed by atoms with E-state index in [-0.39, 0.29) is 17.3 Å². The van der Waals surface area contributed by atoms with E-state index in [1.165, 1.54) is 17.0 Å². The number of ether oxygens (including phenoxy) is 1. The lowest BCUT2D eigenvalue weighted by Crippen LogP contribution is -2.51. The Morgan fingerprint density at radius 3 is 2.28 bits per heavy atom. The summed E-state index contributed by atoms with van der Waals surface area (Å²) in [6.07, 6.45) is 0.749. The van der Waals surface area contributed by atoms with Gasteiger partial charge in [0, 0.05) is 17.6 Å². The van der Waals surface area contributed by atoms with Crippen LogP contribution in [0.4, 0.5) is 5.69 Å². The number of benzene rings is 3. The first kappa shape index (κ1) is 30.2. The van der Waals surface area contributed by atoms with E-state index in [4.69, 9.17) is 4.74 Å². The molecule has 0 aromatic heterocycles. The Labute approximate surface area is 239 Å². The van der Waals surface area contributed by atoms with E-state index in [9.17, 15) is 18.0 Å². The number of carbonyl (C=O) groups excluding carboxylic acids is 2. The summed E-state index contributed by atoms with van der Waals surface area (Å²) in [5.41, 5.74) is 1.10. The highest BCUT2D eigenvalue weighted by Gasteiger charge is 2.32. The Morgan fingerprint density at radius 1 is 0.974 bits per heavy atom. The van der Waals surface area contributed by atoms with Gasteiger partial charge >= 0.3 is 0 Å². The first-order valence-electron chi connectivity index (χ1n) is 12.8. The average molecular weight is 617 g/mol. The Kier molecular flexibility index (Phi) is 10.9. The molecule has 0 unspecified atom stereocenters. The molecule has 0 spiro atoms. The smallest absolute Gasteiger partial charge is 0.264 e. The lowest BCUT2D eigenvalue weighted by atomic mass is 10.1. The van der Waals surface area contributed by atoms with Crippen LogP contribution in [0.2, 0.25) is 0 Å². The average Bonchev–Trinajstić information content (AvgIpc) is 2.94. The fourth-order valence-corrected chi connectivity index (χ4v) is 5.82. The van der Waals surface area contributed by atoms with Crippen molar-refractivity contribution in [1.29, 1.82) is 0 Å². The first-order valence-corrected chi connectivity index (χ1v) is 15.0. The molecule has 1 atom stereocenters. The van der Waals surface area contributed by atoms with E-state index in [2.05, 4.69) is 21.2 Å². The maximum absolute atomic E-state index is 13.9. The monoisotopic (exact) mass is 615 g/mol. The third kappa shape index (κ3) is 8.06. The Balaban J connectivity index is 2.01. The topological polar surface area (TPSA) is 96.0 Å². The molecule has 0 bridgehead atoms. The molecule has 0 fully saturated rings. The highest BCUT2D eigenvalue weighted by molar-refractivity contribution is 9.10. The van der Waals surface area contributed by atoms with Crippen LogP contribution in [0.25, 0.3) is 0 Å². The zero-order chi connectivity index (χ0) is 28.4. The lowest BCUT2D eigenvalue weighted by Gasteiger charge is -2.32. The van der Waals surface area contributed by atoms with Gasteiger partial charge in [-0.15, -0.1) is 0 Å². The molecule has 39 heavy (non-hydrogen) atoms. The van der Waals surface area contributed by atoms with Gasteiger partial charge in [0.25, 0.3) is 10.0 Å². The SMILES string of the molecule is CCCNC(=O)[C@@H](C)N(Cc1cccc(Br)c1)C(=O)CN(c1ccc(OCC)cc1)S(=O)(=O)c1ccccc1. The van der Waals surface area contributed by atoms with Crippen molar-refractivity contribution in [2.24, 2.45) is 0 Å². The number of hydrogen-bond donors (Lipinski definition) is 1. The largest absolute Gasteiger partial charge is 0.494 e. The maximum Gasteiger partial charge on any atom is 0.264 e. The molecule has 10 heteroatoms. The van der Waals surface area contributed by atoms with Gasteiger partial charge in [-0.05, 0) is 74.4 Å². The van der Waals surface area contributed by atoms with Gasteiger partial charge in [0.2, 0.25) is 11.8 Å². The van der Waals surface area contributed by atoms with Crippen LogP contribution >= 0.6 is 15.9 Å². The van der Waals surface area contributed by atoms with Gasteiger partial charge in [0.15, 0.2) is 0 Å². The van der Waals surface area contributed by atoms with Crippen LogP contribution < -0.4 is 14.4 Å². The first-order chi connectivity index (χ1) is 18.7. The molecule has 208 valence electrons. The van der Waals surface area contributed by atoms with E-state index in [1.54, 1.807) is 49.4 Å². The summed E-state index contributed by atoms with van der Waals surface area (Å²) in [4.78, 5) is 28.3. The minimum absolute atomic E-state index is 0.0546. The normalized spacial score (nSPS) is 11.9. The predicted molar refractivity (Wildman–Crippen MR) is 156 cm³/mol. The molecule has 8 nitrogen and oxygen atoms in total. The summed E-state index contributed by atoms with van der Waals surface area (Å²) in [6, 6.07) is 21.1. The van der Waals surface area contributed by atoms with E-state index in [0.29, 0.717) is 24.6 Å². The second-order valence-electron chi connectivity index (χ2n) is 8.87. The summed E-state index contributed by atoms with van der Waals surface area (Å²) >= 11 is 3.45. The molecule has 3 aromatic rings. The van der Waals surface area contributed by atoms with Crippen molar-refractivity contribution in [2.75, 3.05) is 24.0 Å². The number of halogens is 1. The van der Waals surface area contributed by atoms with Crippen molar-refractivity contribution >= 4 is 43.5 Å². The molecule has 0 saturated carbocycles. The molecule has 0 saturated heterocycles. The van der Waals surface area contributed by atoms with E-state index in [0.717, 1.165) is 20.8 Å². The second-order valence-corrected chi connectivity index (χ2v) is 11.6. The number of sulfonamides is 1. The summed E-state index contributed by atoms with van der Waals surface area (Å²) in [5.74, 6) is -0.233. The van der Waals surface area contributed by atoms with Crippen molar-refractivity contribution < 1.29 is 22.7 Å². The van der Waals surface area contributed by atoms with E-state index in [1.807, 2.05) is 38.1 Å². The summed E-state index contributed by atoms with van der Waals surface area (Å²) in [5, 5.41) is 2.84. The molecular formula is C29H34BrN3O5S. The number of carbonyl (C=O) groups is 2. The Bertz CT molecular complexity index is 1350. The van der Waals surface area contributed by atoms with Crippen LogP contribution in [0.15, 0.2) is 88.2 Å². The van der Waals surface area contributed by atoms with Crippen LogP contribution in [0.5, 0.6) is 5.75 Å². The lowest BCUT2D eigenvalue weighted by molar-refractivity contribution is -0.139. The van der Waals surface area contributed by atoms with Gasteiger partial charge in [0.05, 0.1) is 17.2 Å². The third-order valence-corrected chi connectivity index (χ3v) is 8.29. The standard InChI is InChI=1S/C29H34BrN3O5S/c1-4-18-31-29(35)22(3)32(20-23-10-9-11-24(30)19-23)28(34)21-33(25-14-16-26(17-15-25)38-5-2)39(36,37)27-12-7-6-8-13-27/h6-17,19,22H,4-5,18,20-21H2,1-3H3,(H,31,35)/t22-/m1/s1. The van der Waals surface area contributed by atoms with Crippen LogP contribution in [0, 0.1) is 0 Å². The number of nitrogens with one attached hydrogen (secondary N) is 1. The molecule has 2 amide bonds. The van der Waals surface area contributed by atoms with Gasteiger partial charge in [-0.2, -0.15) is 0 Å². The number of nitrogens with zero attached hydrogens (tertiary/aromatic N) is 2. The van der Waals surface area contributed by atoms with Gasteiger partial charge < -0.3 is 15.0 Å². The number of hydrogen-bond acceptors (Lipinski definition) is 5. The van der Waals surface area contributed by atoms with Crippen LogP contribution in [-0.4, -0.2) is 50.9 Å².